The molecular weight excluding hydrogens is 168 g/mol. The number of carboxylic acids is 1. The molecule has 1 rings (SSSR count). The Balaban J connectivity index is 2.41. The van der Waals surface area contributed by atoms with Gasteiger partial charge in [0.05, 0.1) is 5.92 Å². The Labute approximate surface area is 78.8 Å². The molecule has 0 aromatic carbocycles. The summed E-state index contributed by atoms with van der Waals surface area (Å²) in [6.07, 6.45) is 5.66. The first-order valence-electron chi connectivity index (χ1n) is 5.09. The summed E-state index contributed by atoms with van der Waals surface area (Å²) in [5, 5.41) is 17.6. The molecular formula is C10H18O3. The molecule has 0 bridgehead atoms. The Kier molecular flexibility index (Phi) is 4.22. The quantitative estimate of drug-likeness (QED) is 0.701. The van der Waals surface area contributed by atoms with E-state index in [0.29, 0.717) is 5.92 Å². The first kappa shape index (κ1) is 10.5. The Hall–Kier alpha value is -0.570. The highest BCUT2D eigenvalue weighted by Gasteiger charge is 2.29. The number of aliphatic hydroxyl groups is 1. The number of aliphatic carboxylic acids is 1. The highest BCUT2D eigenvalue weighted by atomic mass is 16.4. The van der Waals surface area contributed by atoms with Gasteiger partial charge < -0.3 is 10.2 Å². The van der Waals surface area contributed by atoms with Crippen molar-refractivity contribution in [3.8, 4) is 0 Å². The molecule has 3 heteroatoms. The summed E-state index contributed by atoms with van der Waals surface area (Å²) >= 11 is 0. The van der Waals surface area contributed by atoms with E-state index in [-0.39, 0.29) is 12.5 Å². The number of rotatable bonds is 4. The van der Waals surface area contributed by atoms with Crippen molar-refractivity contribution in [3.05, 3.63) is 0 Å². The molecule has 0 amide bonds. The van der Waals surface area contributed by atoms with Crippen LogP contribution in [-0.2, 0) is 4.79 Å². The summed E-state index contributed by atoms with van der Waals surface area (Å²) in [5.74, 6) is -0.499. The average Bonchev–Trinajstić information content (AvgIpc) is 2.15. The smallest absolute Gasteiger partial charge is 0.306 e. The lowest BCUT2D eigenvalue weighted by atomic mass is 9.77. The lowest BCUT2D eigenvalue weighted by Crippen LogP contribution is -2.27. The predicted octanol–water partition coefficient (Wildman–Crippen LogP) is 1.65. The molecule has 1 aliphatic carbocycles. The molecule has 0 aliphatic heterocycles. The van der Waals surface area contributed by atoms with E-state index in [0.717, 1.165) is 38.5 Å². The van der Waals surface area contributed by atoms with Crippen LogP contribution in [0.1, 0.15) is 38.5 Å². The molecule has 0 heterocycles. The Morgan fingerprint density at radius 1 is 1.31 bits per heavy atom. The third-order valence-corrected chi connectivity index (χ3v) is 2.96. The molecule has 2 atom stereocenters. The number of aliphatic hydroxyl groups excluding tert-OH is 1. The maximum atomic E-state index is 10.9. The monoisotopic (exact) mass is 186 g/mol. The van der Waals surface area contributed by atoms with Gasteiger partial charge in [-0.25, -0.2) is 0 Å². The molecule has 0 saturated heterocycles. The van der Waals surface area contributed by atoms with E-state index in [9.17, 15) is 4.79 Å². The predicted molar refractivity (Wildman–Crippen MR) is 49.4 cm³/mol. The van der Waals surface area contributed by atoms with Crippen molar-refractivity contribution >= 4 is 5.97 Å². The van der Waals surface area contributed by atoms with E-state index in [1.54, 1.807) is 0 Å². The third-order valence-electron chi connectivity index (χ3n) is 2.96. The van der Waals surface area contributed by atoms with Gasteiger partial charge in [-0.15, -0.1) is 0 Å². The fourth-order valence-corrected chi connectivity index (χ4v) is 2.23. The van der Waals surface area contributed by atoms with Crippen LogP contribution in [-0.4, -0.2) is 22.8 Å². The second-order valence-electron chi connectivity index (χ2n) is 3.86. The lowest BCUT2D eigenvalue weighted by molar-refractivity contribution is -0.145. The van der Waals surface area contributed by atoms with Gasteiger partial charge in [0.25, 0.3) is 0 Å². The first-order chi connectivity index (χ1) is 6.25. The Morgan fingerprint density at radius 2 is 2.00 bits per heavy atom. The van der Waals surface area contributed by atoms with Crippen LogP contribution in [0.3, 0.4) is 0 Å². The Bertz CT molecular complexity index is 168. The lowest BCUT2D eigenvalue weighted by Gasteiger charge is -2.28. The minimum Gasteiger partial charge on any atom is -0.481 e. The first-order valence-corrected chi connectivity index (χ1v) is 5.09. The molecule has 3 nitrogen and oxygen atoms in total. The van der Waals surface area contributed by atoms with Crippen LogP contribution in [0.2, 0.25) is 0 Å². The molecule has 13 heavy (non-hydrogen) atoms. The van der Waals surface area contributed by atoms with E-state index in [4.69, 9.17) is 10.2 Å². The molecule has 2 unspecified atom stereocenters. The zero-order valence-corrected chi connectivity index (χ0v) is 7.91. The van der Waals surface area contributed by atoms with Crippen molar-refractivity contribution in [1.82, 2.24) is 0 Å². The molecule has 0 spiro atoms. The molecule has 0 aromatic rings. The zero-order chi connectivity index (χ0) is 9.68. The second kappa shape index (κ2) is 5.22. The Morgan fingerprint density at radius 3 is 2.62 bits per heavy atom. The van der Waals surface area contributed by atoms with Crippen LogP contribution < -0.4 is 0 Å². The highest BCUT2D eigenvalue weighted by Crippen LogP contribution is 2.33. The second-order valence-corrected chi connectivity index (χ2v) is 3.86. The fraction of sp³-hybridized carbons (Fsp3) is 0.900. The van der Waals surface area contributed by atoms with E-state index in [1.165, 1.54) is 0 Å². The maximum Gasteiger partial charge on any atom is 0.306 e. The summed E-state index contributed by atoms with van der Waals surface area (Å²) in [4.78, 5) is 10.9. The van der Waals surface area contributed by atoms with E-state index >= 15 is 0 Å². The zero-order valence-electron chi connectivity index (χ0n) is 7.91. The van der Waals surface area contributed by atoms with Gasteiger partial charge in [-0.3, -0.25) is 4.79 Å². The number of carboxylic acid groups (broad SMARTS) is 1. The molecule has 0 aromatic heterocycles. The van der Waals surface area contributed by atoms with Gasteiger partial charge in [0.15, 0.2) is 0 Å². The topological polar surface area (TPSA) is 57.5 Å². The van der Waals surface area contributed by atoms with Gasteiger partial charge in [0.2, 0.25) is 0 Å². The van der Waals surface area contributed by atoms with Crippen LogP contribution in [0.25, 0.3) is 0 Å². The number of hydrogen-bond donors (Lipinski definition) is 2. The number of hydrogen-bond acceptors (Lipinski definition) is 2. The van der Waals surface area contributed by atoms with Crippen molar-refractivity contribution in [2.75, 3.05) is 6.61 Å². The van der Waals surface area contributed by atoms with Gasteiger partial charge in [-0.1, -0.05) is 12.8 Å². The van der Waals surface area contributed by atoms with Crippen LogP contribution in [0.15, 0.2) is 0 Å². The number of carbonyl (C=O) groups is 1. The molecule has 2 N–H and O–H groups in total. The van der Waals surface area contributed by atoms with E-state index < -0.39 is 5.97 Å². The van der Waals surface area contributed by atoms with E-state index in [2.05, 4.69) is 0 Å². The molecule has 0 radical (unpaired) electrons. The van der Waals surface area contributed by atoms with Crippen molar-refractivity contribution in [2.45, 2.75) is 38.5 Å². The van der Waals surface area contributed by atoms with Gasteiger partial charge in [0, 0.05) is 6.61 Å². The van der Waals surface area contributed by atoms with Crippen molar-refractivity contribution in [1.29, 1.82) is 0 Å². The average molecular weight is 186 g/mol. The largest absolute Gasteiger partial charge is 0.481 e. The van der Waals surface area contributed by atoms with Crippen LogP contribution in [0.4, 0.5) is 0 Å². The molecule has 1 aliphatic rings. The summed E-state index contributed by atoms with van der Waals surface area (Å²) in [5.41, 5.74) is 0. The van der Waals surface area contributed by atoms with E-state index in [1.807, 2.05) is 0 Å². The standard InChI is InChI=1S/C10H18O3/c11-7-3-5-8-4-1-2-6-9(8)10(12)13/h8-9,11H,1-7H2,(H,12,13). The molecule has 1 fully saturated rings. The summed E-state index contributed by atoms with van der Waals surface area (Å²) in [6, 6.07) is 0. The summed E-state index contributed by atoms with van der Waals surface area (Å²) in [6.45, 7) is 0.183. The van der Waals surface area contributed by atoms with Crippen molar-refractivity contribution in [3.63, 3.8) is 0 Å². The summed E-state index contributed by atoms with van der Waals surface area (Å²) in [7, 11) is 0. The molecule has 76 valence electrons. The van der Waals surface area contributed by atoms with Crippen LogP contribution in [0.5, 0.6) is 0 Å². The van der Waals surface area contributed by atoms with Crippen molar-refractivity contribution in [2.24, 2.45) is 11.8 Å². The van der Waals surface area contributed by atoms with Gasteiger partial charge in [-0.2, -0.15) is 0 Å². The van der Waals surface area contributed by atoms with Crippen LogP contribution >= 0.6 is 0 Å². The summed E-state index contributed by atoms with van der Waals surface area (Å²) < 4.78 is 0. The van der Waals surface area contributed by atoms with Gasteiger partial charge in [-0.05, 0) is 31.6 Å². The van der Waals surface area contributed by atoms with Crippen molar-refractivity contribution < 1.29 is 15.0 Å². The van der Waals surface area contributed by atoms with Gasteiger partial charge >= 0.3 is 5.97 Å². The molecule has 1 saturated carbocycles. The van der Waals surface area contributed by atoms with Crippen LogP contribution in [0, 0.1) is 11.8 Å². The SMILES string of the molecule is O=C(O)C1CCCCC1CCCO. The maximum absolute atomic E-state index is 10.9. The van der Waals surface area contributed by atoms with Gasteiger partial charge in [0.1, 0.15) is 0 Å². The fourth-order valence-electron chi connectivity index (χ4n) is 2.23. The minimum absolute atomic E-state index is 0.153. The highest BCUT2D eigenvalue weighted by molar-refractivity contribution is 5.70. The minimum atomic E-state index is -0.650. The normalized spacial score (nSPS) is 28.7. The third kappa shape index (κ3) is 2.99.